The number of hydrogen-bond donors (Lipinski definition) is 1. The summed E-state index contributed by atoms with van der Waals surface area (Å²) in [5.41, 5.74) is 2.91. The van der Waals surface area contributed by atoms with E-state index in [1.165, 1.54) is 37.7 Å². The van der Waals surface area contributed by atoms with E-state index in [9.17, 15) is 5.26 Å². The van der Waals surface area contributed by atoms with Crippen LogP contribution in [0.1, 0.15) is 57.7 Å². The Labute approximate surface area is 154 Å². The molecule has 2 aliphatic rings. The molecule has 0 bridgehead atoms. The minimum absolute atomic E-state index is 0.181. The number of anilines is 1. The number of allylic oxidation sites excluding steroid dienone is 1. The zero-order valence-corrected chi connectivity index (χ0v) is 15.4. The van der Waals surface area contributed by atoms with Crippen LogP contribution in [-0.4, -0.2) is 25.6 Å². The van der Waals surface area contributed by atoms with E-state index in [-0.39, 0.29) is 5.82 Å². The van der Waals surface area contributed by atoms with Crippen LogP contribution in [0.2, 0.25) is 0 Å². The second kappa shape index (κ2) is 7.06. The monoisotopic (exact) mass is 350 g/mol. The lowest BCUT2D eigenvalue weighted by molar-refractivity contribution is 0.285. The number of aromatic nitrogens is 4. The van der Waals surface area contributed by atoms with E-state index in [0.717, 1.165) is 30.7 Å². The maximum Gasteiger partial charge on any atom is 0.236 e. The zero-order valence-electron chi connectivity index (χ0n) is 15.4. The molecule has 0 amide bonds. The SMILES string of the molecule is C=C1CCC(Cn2cnc3nc(C#N)nc(NC(C)C4CCC4)c32)CC1. The lowest BCUT2D eigenvalue weighted by atomic mass is 9.80. The van der Waals surface area contributed by atoms with Gasteiger partial charge in [0.05, 0.1) is 6.33 Å². The molecule has 26 heavy (non-hydrogen) atoms. The Kier molecular flexibility index (Phi) is 4.62. The smallest absolute Gasteiger partial charge is 0.236 e. The highest BCUT2D eigenvalue weighted by Gasteiger charge is 2.26. The fourth-order valence-electron chi connectivity index (χ4n) is 4.09. The fourth-order valence-corrected chi connectivity index (χ4v) is 4.09. The highest BCUT2D eigenvalue weighted by Crippen LogP contribution is 2.33. The molecule has 1 N–H and O–H groups in total. The Hall–Kier alpha value is -2.42. The molecule has 0 aromatic carbocycles. The summed E-state index contributed by atoms with van der Waals surface area (Å²) in [7, 11) is 0. The van der Waals surface area contributed by atoms with Crippen LogP contribution in [0.15, 0.2) is 18.5 Å². The van der Waals surface area contributed by atoms with Gasteiger partial charge in [-0.3, -0.25) is 0 Å². The summed E-state index contributed by atoms with van der Waals surface area (Å²) in [6, 6.07) is 2.41. The van der Waals surface area contributed by atoms with Gasteiger partial charge in [-0.25, -0.2) is 4.98 Å². The van der Waals surface area contributed by atoms with Gasteiger partial charge in [-0.1, -0.05) is 18.6 Å². The Morgan fingerprint density at radius 3 is 2.73 bits per heavy atom. The third-order valence-electron chi connectivity index (χ3n) is 6.06. The average molecular weight is 350 g/mol. The molecule has 1 unspecified atom stereocenters. The third-order valence-corrected chi connectivity index (χ3v) is 6.06. The number of nitrogens with one attached hydrogen (secondary N) is 1. The largest absolute Gasteiger partial charge is 0.365 e. The van der Waals surface area contributed by atoms with Crippen LogP contribution in [0.25, 0.3) is 11.2 Å². The van der Waals surface area contributed by atoms with E-state index < -0.39 is 0 Å². The molecule has 2 aromatic rings. The third kappa shape index (κ3) is 3.31. The van der Waals surface area contributed by atoms with Crippen LogP contribution in [0.4, 0.5) is 5.82 Å². The number of fused-ring (bicyclic) bond motifs is 1. The average Bonchev–Trinajstić information content (AvgIpc) is 2.98. The molecule has 2 heterocycles. The standard InChI is InChI=1S/C20H26N6/c1-13-6-8-15(9-7-13)11-26-12-22-19-18(26)20(25-17(10-21)24-19)23-14(2)16-4-3-5-16/h12,14-16H,1,3-9,11H2,2H3,(H,23,24,25). The first-order valence-electron chi connectivity index (χ1n) is 9.70. The van der Waals surface area contributed by atoms with Crippen molar-refractivity contribution in [3.05, 3.63) is 24.3 Å². The van der Waals surface area contributed by atoms with Crippen molar-refractivity contribution in [1.29, 1.82) is 5.26 Å². The molecule has 1 atom stereocenters. The highest BCUT2D eigenvalue weighted by molar-refractivity contribution is 5.83. The molecule has 2 saturated carbocycles. The normalized spacial score (nSPS) is 19.9. The topological polar surface area (TPSA) is 79.4 Å². The minimum Gasteiger partial charge on any atom is -0.365 e. The van der Waals surface area contributed by atoms with Crippen LogP contribution < -0.4 is 5.32 Å². The second-order valence-electron chi connectivity index (χ2n) is 7.89. The van der Waals surface area contributed by atoms with Gasteiger partial charge in [0.2, 0.25) is 5.82 Å². The minimum atomic E-state index is 0.181. The maximum absolute atomic E-state index is 9.27. The molecule has 4 rings (SSSR count). The molecule has 2 aromatic heterocycles. The first-order valence-corrected chi connectivity index (χ1v) is 9.70. The van der Waals surface area contributed by atoms with Gasteiger partial charge < -0.3 is 9.88 Å². The van der Waals surface area contributed by atoms with E-state index in [0.29, 0.717) is 23.5 Å². The first-order chi connectivity index (χ1) is 12.6. The van der Waals surface area contributed by atoms with Crippen molar-refractivity contribution in [2.45, 2.75) is 64.5 Å². The molecule has 0 spiro atoms. The summed E-state index contributed by atoms with van der Waals surface area (Å²) in [6.07, 6.45) is 10.3. The predicted molar refractivity (Wildman–Crippen MR) is 102 cm³/mol. The Balaban J connectivity index is 1.63. The van der Waals surface area contributed by atoms with Crippen LogP contribution in [0, 0.1) is 23.2 Å². The zero-order chi connectivity index (χ0) is 18.1. The van der Waals surface area contributed by atoms with Crippen LogP contribution in [0.3, 0.4) is 0 Å². The van der Waals surface area contributed by atoms with Crippen LogP contribution in [0.5, 0.6) is 0 Å². The Morgan fingerprint density at radius 1 is 1.31 bits per heavy atom. The summed E-state index contributed by atoms with van der Waals surface area (Å²) < 4.78 is 2.17. The van der Waals surface area contributed by atoms with Crippen molar-refractivity contribution in [3.8, 4) is 6.07 Å². The van der Waals surface area contributed by atoms with E-state index in [1.807, 2.05) is 6.33 Å². The summed E-state index contributed by atoms with van der Waals surface area (Å²) in [5.74, 6) is 2.25. The van der Waals surface area contributed by atoms with E-state index in [2.05, 4.69) is 44.4 Å². The van der Waals surface area contributed by atoms with E-state index in [1.54, 1.807) is 0 Å². The molecule has 2 aliphatic carbocycles. The molecule has 136 valence electrons. The van der Waals surface area contributed by atoms with Crippen LogP contribution in [-0.2, 0) is 6.54 Å². The fraction of sp³-hybridized carbons (Fsp3) is 0.600. The van der Waals surface area contributed by atoms with Crippen molar-refractivity contribution in [2.75, 3.05) is 5.32 Å². The van der Waals surface area contributed by atoms with Crippen molar-refractivity contribution in [1.82, 2.24) is 19.5 Å². The highest BCUT2D eigenvalue weighted by atomic mass is 15.2. The van der Waals surface area contributed by atoms with Crippen molar-refractivity contribution in [3.63, 3.8) is 0 Å². The van der Waals surface area contributed by atoms with Gasteiger partial charge in [0, 0.05) is 12.6 Å². The summed E-state index contributed by atoms with van der Waals surface area (Å²) in [6.45, 7) is 7.24. The van der Waals surface area contributed by atoms with E-state index in [4.69, 9.17) is 0 Å². The molecular weight excluding hydrogens is 324 g/mol. The quantitative estimate of drug-likeness (QED) is 0.823. The maximum atomic E-state index is 9.27. The van der Waals surface area contributed by atoms with Gasteiger partial charge in [-0.05, 0) is 57.3 Å². The molecule has 2 fully saturated rings. The molecule has 0 radical (unpaired) electrons. The Bertz CT molecular complexity index is 847. The number of imidazole rings is 1. The summed E-state index contributed by atoms with van der Waals surface area (Å²) in [4.78, 5) is 13.2. The van der Waals surface area contributed by atoms with Gasteiger partial charge in [0.1, 0.15) is 11.6 Å². The molecule has 6 heteroatoms. The Morgan fingerprint density at radius 2 is 2.08 bits per heavy atom. The predicted octanol–water partition coefficient (Wildman–Crippen LogP) is 4.04. The van der Waals surface area contributed by atoms with Crippen molar-refractivity contribution in [2.24, 2.45) is 11.8 Å². The van der Waals surface area contributed by atoms with Gasteiger partial charge >= 0.3 is 0 Å². The van der Waals surface area contributed by atoms with Crippen LogP contribution >= 0.6 is 0 Å². The number of hydrogen-bond acceptors (Lipinski definition) is 5. The number of nitriles is 1. The van der Waals surface area contributed by atoms with Gasteiger partial charge in [-0.15, -0.1) is 0 Å². The van der Waals surface area contributed by atoms with E-state index >= 15 is 0 Å². The van der Waals surface area contributed by atoms with Crippen molar-refractivity contribution >= 4 is 17.0 Å². The lowest BCUT2D eigenvalue weighted by Crippen LogP contribution is -2.31. The van der Waals surface area contributed by atoms with Gasteiger partial charge in [0.15, 0.2) is 11.5 Å². The summed E-state index contributed by atoms with van der Waals surface area (Å²) in [5, 5.41) is 12.8. The first kappa shape index (κ1) is 17.0. The van der Waals surface area contributed by atoms with Crippen molar-refractivity contribution < 1.29 is 0 Å². The van der Waals surface area contributed by atoms with Gasteiger partial charge in [-0.2, -0.15) is 15.2 Å². The van der Waals surface area contributed by atoms with Gasteiger partial charge in [0.25, 0.3) is 0 Å². The second-order valence-corrected chi connectivity index (χ2v) is 7.89. The molecule has 6 nitrogen and oxygen atoms in total. The number of rotatable bonds is 5. The molecular formula is C20H26N6. The molecule has 0 aliphatic heterocycles. The lowest BCUT2D eigenvalue weighted by Gasteiger charge is -2.32. The number of nitrogens with zero attached hydrogens (tertiary/aromatic N) is 5. The summed E-state index contributed by atoms with van der Waals surface area (Å²) >= 11 is 0. The molecule has 0 saturated heterocycles.